The average Bonchev–Trinajstić information content (AvgIpc) is 2.94. The van der Waals surface area contributed by atoms with E-state index >= 15 is 0 Å². The van der Waals surface area contributed by atoms with Crippen LogP contribution in [0.15, 0.2) is 54.6 Å². The minimum atomic E-state index is 0. The van der Waals surface area contributed by atoms with Gasteiger partial charge in [-0.25, -0.2) is 12.1 Å². The van der Waals surface area contributed by atoms with E-state index in [1.54, 1.807) is 0 Å². The Morgan fingerprint density at radius 2 is 1.50 bits per heavy atom. The van der Waals surface area contributed by atoms with Gasteiger partial charge in [0.15, 0.2) is 0 Å². The molecule has 0 bridgehead atoms. The molecule has 0 spiro atoms. The molecule has 0 radical (unpaired) electrons. The summed E-state index contributed by atoms with van der Waals surface area (Å²) in [6.45, 7) is 4.31. The first-order valence-corrected chi connectivity index (χ1v) is 5.51. The second-order valence-corrected chi connectivity index (χ2v) is 3.43. The molecule has 1 N–H and O–H groups in total. The van der Waals surface area contributed by atoms with Gasteiger partial charge in [0.25, 0.3) is 0 Å². The van der Waals surface area contributed by atoms with Crippen molar-refractivity contribution in [3.05, 3.63) is 60.2 Å². The van der Waals surface area contributed by atoms with Crippen LogP contribution in [0.25, 0.3) is 0 Å². The van der Waals surface area contributed by atoms with Crippen molar-refractivity contribution in [2.75, 3.05) is 6.54 Å². The molecular formula is C14H19NRu-6. The third-order valence-corrected chi connectivity index (χ3v) is 2.04. The van der Waals surface area contributed by atoms with Crippen LogP contribution in [0.1, 0.15) is 18.9 Å². The Morgan fingerprint density at radius 3 is 1.94 bits per heavy atom. The predicted molar refractivity (Wildman–Crippen MR) is 66.1 cm³/mol. The van der Waals surface area contributed by atoms with E-state index in [-0.39, 0.29) is 19.5 Å². The molecule has 0 saturated carbocycles. The summed E-state index contributed by atoms with van der Waals surface area (Å²) in [4.78, 5) is 0. The molecule has 0 aliphatic carbocycles. The summed E-state index contributed by atoms with van der Waals surface area (Å²) in [5.74, 6) is 0. The summed E-state index contributed by atoms with van der Waals surface area (Å²) in [5.41, 5.74) is 1.38. The zero-order valence-corrected chi connectivity index (χ0v) is 11.4. The van der Waals surface area contributed by atoms with Crippen molar-refractivity contribution in [3.63, 3.8) is 0 Å². The largest absolute Gasteiger partial charge is 0.748 e. The Morgan fingerprint density at radius 1 is 1.00 bits per heavy atom. The number of hydrogen-bond donors (Lipinski definition) is 1. The van der Waals surface area contributed by atoms with Crippen LogP contribution in [0.3, 0.4) is 0 Å². The molecule has 0 aromatic heterocycles. The standard InChI is InChI=1S/C9H14N.C5H5.Ru/c1-2-7-10-8-9-5-3-4-6-9;1-2-4-5-3-1;/h3-6,10H,2,7-8H2,1H3;1-5H;/q-1;-5;. The summed E-state index contributed by atoms with van der Waals surface area (Å²) in [6.07, 6.45) is 1.21. The Bertz CT molecular complexity index is 280. The minimum Gasteiger partial charge on any atom is -0.748 e. The summed E-state index contributed by atoms with van der Waals surface area (Å²) in [6, 6.07) is 18.4. The van der Waals surface area contributed by atoms with Crippen LogP contribution in [0, 0.1) is 0 Å². The van der Waals surface area contributed by atoms with Gasteiger partial charge >= 0.3 is 0 Å². The number of rotatable bonds is 4. The SMILES string of the molecule is CCCNC[c-]1cccc1.[Ru].[cH-]1[cH-][cH-][cH-][cH-]1. The Balaban J connectivity index is 0.000000318. The molecule has 0 atom stereocenters. The topological polar surface area (TPSA) is 12.0 Å². The van der Waals surface area contributed by atoms with E-state index < -0.39 is 0 Å². The molecule has 0 heterocycles. The molecule has 94 valence electrons. The second kappa shape index (κ2) is 10.8. The third kappa shape index (κ3) is 7.56. The summed E-state index contributed by atoms with van der Waals surface area (Å²) < 4.78 is 0. The molecule has 0 unspecified atom stereocenters. The van der Waals surface area contributed by atoms with Crippen molar-refractivity contribution in [2.45, 2.75) is 19.9 Å². The van der Waals surface area contributed by atoms with Gasteiger partial charge < -0.3 is 35.6 Å². The monoisotopic (exact) mass is 303 g/mol. The van der Waals surface area contributed by atoms with Gasteiger partial charge in [-0.15, -0.1) is 5.56 Å². The van der Waals surface area contributed by atoms with Crippen molar-refractivity contribution in [2.24, 2.45) is 0 Å². The normalized spacial score (nSPS) is 8.81. The van der Waals surface area contributed by atoms with E-state index in [9.17, 15) is 0 Å². The fourth-order valence-corrected chi connectivity index (χ4v) is 1.26. The fourth-order valence-electron chi connectivity index (χ4n) is 1.26. The predicted octanol–water partition coefficient (Wildman–Crippen LogP) is 3.31. The molecule has 0 saturated heterocycles. The first-order valence-electron chi connectivity index (χ1n) is 5.51. The van der Waals surface area contributed by atoms with Crippen LogP contribution >= 0.6 is 0 Å². The maximum Gasteiger partial charge on any atom is 0 e. The molecule has 2 aromatic carbocycles. The summed E-state index contributed by atoms with van der Waals surface area (Å²) >= 11 is 0. The zero-order chi connectivity index (χ0) is 10.8. The van der Waals surface area contributed by atoms with Crippen LogP contribution in [0.4, 0.5) is 0 Å². The minimum absolute atomic E-state index is 0. The van der Waals surface area contributed by atoms with Gasteiger partial charge in [0.05, 0.1) is 0 Å². The van der Waals surface area contributed by atoms with Crippen molar-refractivity contribution in [3.8, 4) is 0 Å². The first kappa shape index (κ1) is 15.3. The quantitative estimate of drug-likeness (QED) is 0.519. The van der Waals surface area contributed by atoms with Crippen LogP contribution in [0.2, 0.25) is 0 Å². The van der Waals surface area contributed by atoms with Gasteiger partial charge in [0.1, 0.15) is 0 Å². The van der Waals surface area contributed by atoms with Crippen LogP contribution in [0.5, 0.6) is 0 Å². The average molecular weight is 302 g/mol. The molecule has 2 aromatic rings. The maximum absolute atomic E-state index is 3.34. The maximum atomic E-state index is 3.34. The molecule has 2 rings (SSSR count). The van der Waals surface area contributed by atoms with E-state index in [4.69, 9.17) is 0 Å². The molecule has 0 aliphatic heterocycles. The molecule has 1 nitrogen and oxygen atoms in total. The Kier molecular flexibility index (Phi) is 10.3. The second-order valence-electron chi connectivity index (χ2n) is 3.43. The molecule has 2 heteroatoms. The van der Waals surface area contributed by atoms with Gasteiger partial charge in [0, 0.05) is 19.5 Å². The molecule has 0 fully saturated rings. The van der Waals surface area contributed by atoms with Crippen LogP contribution in [-0.2, 0) is 26.0 Å². The molecular weight excluding hydrogens is 283 g/mol. The Labute approximate surface area is 111 Å². The fraction of sp³-hybridized carbons (Fsp3) is 0.286. The van der Waals surface area contributed by atoms with Gasteiger partial charge in [-0.3, -0.25) is 0 Å². The Hall–Kier alpha value is -0.717. The zero-order valence-electron chi connectivity index (χ0n) is 9.67. The van der Waals surface area contributed by atoms with Crippen molar-refractivity contribution in [1.29, 1.82) is 0 Å². The summed E-state index contributed by atoms with van der Waals surface area (Å²) in [5, 5.41) is 3.34. The van der Waals surface area contributed by atoms with Crippen LogP contribution in [-0.4, -0.2) is 6.54 Å². The summed E-state index contributed by atoms with van der Waals surface area (Å²) in [7, 11) is 0. The van der Waals surface area contributed by atoms with Crippen molar-refractivity contribution < 1.29 is 19.5 Å². The smallest absolute Gasteiger partial charge is 0 e. The third-order valence-electron chi connectivity index (χ3n) is 2.04. The first-order chi connectivity index (χ1) is 7.43. The van der Waals surface area contributed by atoms with E-state index in [2.05, 4.69) is 36.5 Å². The van der Waals surface area contributed by atoms with Crippen LogP contribution < -0.4 is 5.32 Å². The van der Waals surface area contributed by atoms with Gasteiger partial charge in [0.2, 0.25) is 0 Å². The van der Waals surface area contributed by atoms with Crippen molar-refractivity contribution in [1.82, 2.24) is 5.32 Å². The molecule has 16 heavy (non-hydrogen) atoms. The van der Waals surface area contributed by atoms with Gasteiger partial charge in [-0.2, -0.15) is 12.1 Å². The van der Waals surface area contributed by atoms with Crippen molar-refractivity contribution >= 4 is 0 Å². The van der Waals surface area contributed by atoms with Gasteiger partial charge in [-0.1, -0.05) is 6.92 Å². The van der Waals surface area contributed by atoms with E-state index in [0.717, 1.165) is 13.1 Å². The van der Waals surface area contributed by atoms with E-state index in [1.807, 2.05) is 30.3 Å². The van der Waals surface area contributed by atoms with E-state index in [1.165, 1.54) is 12.0 Å². The molecule has 0 aliphatic rings. The molecule has 0 amide bonds. The van der Waals surface area contributed by atoms with Gasteiger partial charge in [-0.05, 0) is 19.5 Å². The number of nitrogens with one attached hydrogen (secondary N) is 1. The van der Waals surface area contributed by atoms with E-state index in [0.29, 0.717) is 0 Å². The number of hydrogen-bond acceptors (Lipinski definition) is 1.